The summed E-state index contributed by atoms with van der Waals surface area (Å²) < 4.78 is 0. The molecular weight excluding hydrogens is 266 g/mol. The van der Waals surface area contributed by atoms with E-state index in [1.807, 2.05) is 0 Å². The van der Waals surface area contributed by atoms with E-state index < -0.39 is 0 Å². The van der Waals surface area contributed by atoms with E-state index in [2.05, 4.69) is 72.9 Å². The fourth-order valence-electron chi connectivity index (χ4n) is 2.38. The van der Waals surface area contributed by atoms with Gasteiger partial charge in [-0.2, -0.15) is 0 Å². The van der Waals surface area contributed by atoms with Gasteiger partial charge in [0, 0.05) is 12.3 Å². The molecule has 0 aromatic heterocycles. The molecule has 2 aromatic carbocycles. The summed E-state index contributed by atoms with van der Waals surface area (Å²) in [6, 6.07) is 21.5. The number of aryl methyl sites for hydroxylation is 1. The topological polar surface area (TPSA) is 16.6 Å². The summed E-state index contributed by atoms with van der Waals surface area (Å²) in [4.78, 5) is 0. The molecule has 0 amide bonds. The summed E-state index contributed by atoms with van der Waals surface area (Å²) in [6.45, 7) is 4.70. The van der Waals surface area contributed by atoms with Gasteiger partial charge >= 0.3 is 0 Å². The zero-order chi connectivity index (χ0) is 13.3. The van der Waals surface area contributed by atoms with Crippen molar-refractivity contribution < 1.29 is 17.7 Å². The molecule has 0 fully saturated rings. The molecule has 0 bridgehead atoms. The molecule has 2 aromatic rings. The van der Waals surface area contributed by atoms with Gasteiger partial charge in [-0.25, -0.2) is 0 Å². The van der Waals surface area contributed by atoms with Gasteiger partial charge < -0.3 is 17.7 Å². The molecule has 0 spiro atoms. The first-order chi connectivity index (χ1) is 9.36. The average Bonchev–Trinajstić information content (AvgIpc) is 2.49. The van der Waals surface area contributed by atoms with Crippen LogP contribution in [0.25, 0.3) is 0 Å². The highest BCUT2D eigenvalue weighted by Crippen LogP contribution is 2.11. The van der Waals surface area contributed by atoms with Crippen molar-refractivity contribution in [2.24, 2.45) is 0 Å². The van der Waals surface area contributed by atoms with Gasteiger partial charge in [-0.3, -0.25) is 0 Å². The molecule has 0 saturated heterocycles. The number of rotatable bonds is 7. The Balaban J connectivity index is 0.00000200. The summed E-state index contributed by atoms with van der Waals surface area (Å²) in [6.07, 6.45) is 2.45. The molecule has 1 nitrogen and oxygen atoms in total. The van der Waals surface area contributed by atoms with E-state index in [0.717, 1.165) is 0 Å². The molecule has 2 heteroatoms. The lowest BCUT2D eigenvalue weighted by Gasteiger charge is -2.10. The molecule has 0 radical (unpaired) electrons. The van der Waals surface area contributed by atoms with Gasteiger partial charge in [0.2, 0.25) is 0 Å². The van der Waals surface area contributed by atoms with Crippen molar-refractivity contribution in [2.45, 2.75) is 25.7 Å². The van der Waals surface area contributed by atoms with E-state index >= 15 is 0 Å². The van der Waals surface area contributed by atoms with Gasteiger partial charge in [0.15, 0.2) is 0 Å². The van der Waals surface area contributed by atoms with Crippen LogP contribution < -0.4 is 17.7 Å². The summed E-state index contributed by atoms with van der Waals surface area (Å²) in [5.41, 5.74) is 2.90. The van der Waals surface area contributed by atoms with Gasteiger partial charge in [-0.15, -0.1) is 0 Å². The first-order valence-corrected chi connectivity index (χ1v) is 7.27. The van der Waals surface area contributed by atoms with Crippen molar-refractivity contribution >= 4 is 0 Å². The maximum atomic E-state index is 2.45. The maximum Gasteiger partial charge on any atom is 0.0822 e. The van der Waals surface area contributed by atoms with Crippen LogP contribution in [0.4, 0.5) is 0 Å². The number of quaternary nitrogens is 1. The van der Waals surface area contributed by atoms with Crippen molar-refractivity contribution in [2.75, 3.05) is 13.1 Å². The van der Waals surface area contributed by atoms with Crippen molar-refractivity contribution in [1.29, 1.82) is 0 Å². The Kier molecular flexibility index (Phi) is 8.01. The van der Waals surface area contributed by atoms with Crippen LogP contribution in [0, 0.1) is 0 Å². The van der Waals surface area contributed by atoms with E-state index in [1.54, 1.807) is 0 Å². The third-order valence-electron chi connectivity index (χ3n) is 3.61. The summed E-state index contributed by atoms with van der Waals surface area (Å²) >= 11 is 0. The molecule has 1 atom stereocenters. The Labute approximate surface area is 128 Å². The Hall–Kier alpha value is -1.31. The van der Waals surface area contributed by atoms with E-state index in [1.165, 1.54) is 37.1 Å². The van der Waals surface area contributed by atoms with E-state index in [9.17, 15) is 0 Å². The first-order valence-electron chi connectivity index (χ1n) is 7.27. The van der Waals surface area contributed by atoms with Crippen LogP contribution in [-0.4, -0.2) is 13.1 Å². The average molecular weight is 290 g/mol. The first kappa shape index (κ1) is 16.7. The molecule has 2 N–H and O–H groups in total. The second-order valence-corrected chi connectivity index (χ2v) is 5.21. The zero-order valence-electron chi connectivity index (χ0n) is 12.1. The predicted octanol–water partition coefficient (Wildman–Crippen LogP) is -0.00970. The number of halogens is 1. The second-order valence-electron chi connectivity index (χ2n) is 5.21. The molecule has 0 aliphatic heterocycles. The Bertz CT molecular complexity index is 455. The van der Waals surface area contributed by atoms with Crippen LogP contribution in [0.5, 0.6) is 0 Å². The van der Waals surface area contributed by atoms with Crippen LogP contribution in [0.1, 0.15) is 30.4 Å². The molecule has 0 saturated carbocycles. The third-order valence-corrected chi connectivity index (χ3v) is 3.61. The summed E-state index contributed by atoms with van der Waals surface area (Å²) in [5, 5.41) is 2.45. The predicted molar refractivity (Wildman–Crippen MR) is 81.3 cm³/mol. The Morgan fingerprint density at radius 3 is 2.15 bits per heavy atom. The molecule has 20 heavy (non-hydrogen) atoms. The molecule has 0 aliphatic rings. The Morgan fingerprint density at radius 2 is 1.50 bits per heavy atom. The van der Waals surface area contributed by atoms with Crippen molar-refractivity contribution in [1.82, 2.24) is 0 Å². The van der Waals surface area contributed by atoms with Gasteiger partial charge in [-0.1, -0.05) is 67.6 Å². The van der Waals surface area contributed by atoms with E-state index in [-0.39, 0.29) is 12.4 Å². The van der Waals surface area contributed by atoms with Gasteiger partial charge in [0.25, 0.3) is 0 Å². The lowest BCUT2D eigenvalue weighted by atomic mass is 10.0. The highest BCUT2D eigenvalue weighted by Gasteiger charge is 2.06. The quantitative estimate of drug-likeness (QED) is 0.691. The number of hydrogen-bond acceptors (Lipinski definition) is 0. The SMILES string of the molecule is CC(C[NH2+]CCCc1ccccc1)c1ccccc1.[Cl-]. The third kappa shape index (κ3) is 5.77. The highest BCUT2D eigenvalue weighted by atomic mass is 35.5. The Morgan fingerprint density at radius 1 is 0.900 bits per heavy atom. The molecule has 0 aliphatic carbocycles. The van der Waals surface area contributed by atoms with Crippen LogP contribution >= 0.6 is 0 Å². The van der Waals surface area contributed by atoms with Crippen LogP contribution in [0.15, 0.2) is 60.7 Å². The lowest BCUT2D eigenvalue weighted by molar-refractivity contribution is -0.657. The van der Waals surface area contributed by atoms with Gasteiger partial charge in [0.05, 0.1) is 13.1 Å². The van der Waals surface area contributed by atoms with Crippen LogP contribution in [-0.2, 0) is 6.42 Å². The van der Waals surface area contributed by atoms with Crippen LogP contribution in [0.3, 0.4) is 0 Å². The summed E-state index contributed by atoms with van der Waals surface area (Å²) in [5.74, 6) is 0.637. The highest BCUT2D eigenvalue weighted by molar-refractivity contribution is 5.18. The lowest BCUT2D eigenvalue weighted by Crippen LogP contribution is -3.00. The minimum absolute atomic E-state index is 0. The largest absolute Gasteiger partial charge is 1.00 e. The standard InChI is InChI=1S/C18H23N.ClH/c1-16(18-12-6-3-7-13-18)15-19-14-8-11-17-9-4-2-5-10-17;/h2-7,9-10,12-13,16,19H,8,11,14-15H2,1H3;1H. The van der Waals surface area contributed by atoms with Crippen molar-refractivity contribution in [3.8, 4) is 0 Å². The van der Waals surface area contributed by atoms with E-state index in [0.29, 0.717) is 5.92 Å². The molecular formula is C18H24ClN. The molecule has 0 heterocycles. The second kappa shape index (κ2) is 9.57. The van der Waals surface area contributed by atoms with Crippen LogP contribution in [0.2, 0.25) is 0 Å². The minimum atomic E-state index is 0. The number of nitrogens with two attached hydrogens (primary N) is 1. The smallest absolute Gasteiger partial charge is 0.0822 e. The molecule has 2 rings (SSSR count). The zero-order valence-corrected chi connectivity index (χ0v) is 12.9. The monoisotopic (exact) mass is 289 g/mol. The van der Waals surface area contributed by atoms with Crippen molar-refractivity contribution in [3.63, 3.8) is 0 Å². The fourth-order valence-corrected chi connectivity index (χ4v) is 2.38. The number of hydrogen-bond donors (Lipinski definition) is 1. The fraction of sp³-hybridized carbons (Fsp3) is 0.333. The summed E-state index contributed by atoms with van der Waals surface area (Å²) in [7, 11) is 0. The minimum Gasteiger partial charge on any atom is -1.00 e. The molecule has 108 valence electrons. The van der Waals surface area contributed by atoms with Crippen molar-refractivity contribution in [3.05, 3.63) is 71.8 Å². The normalized spacial score (nSPS) is 11.7. The number of benzene rings is 2. The van der Waals surface area contributed by atoms with Gasteiger partial charge in [0.1, 0.15) is 0 Å². The van der Waals surface area contributed by atoms with E-state index in [4.69, 9.17) is 0 Å². The van der Waals surface area contributed by atoms with Gasteiger partial charge in [-0.05, 0) is 17.5 Å². The molecule has 1 unspecified atom stereocenters. The maximum absolute atomic E-state index is 2.45.